The lowest BCUT2D eigenvalue weighted by Gasteiger charge is -2.10. The number of hydrogen-bond donors (Lipinski definition) is 1. The van der Waals surface area contributed by atoms with Crippen LogP contribution in [0.3, 0.4) is 0 Å². The summed E-state index contributed by atoms with van der Waals surface area (Å²) in [6.45, 7) is 6.84. The second-order valence-electron chi connectivity index (χ2n) is 3.52. The molecule has 15 heavy (non-hydrogen) atoms. The average molecular weight is 223 g/mol. The molecule has 0 saturated heterocycles. The summed E-state index contributed by atoms with van der Waals surface area (Å²) in [6.07, 6.45) is 0. The van der Waals surface area contributed by atoms with E-state index in [4.69, 9.17) is 0 Å². The zero-order chi connectivity index (χ0) is 11.3. The first-order valence-corrected chi connectivity index (χ1v) is 6.07. The van der Waals surface area contributed by atoms with Crippen molar-refractivity contribution in [3.63, 3.8) is 0 Å². The minimum atomic E-state index is 0.0150. The van der Waals surface area contributed by atoms with E-state index in [2.05, 4.69) is 19.2 Å². The van der Waals surface area contributed by atoms with Crippen molar-refractivity contribution in [2.45, 2.75) is 30.9 Å². The van der Waals surface area contributed by atoms with E-state index in [9.17, 15) is 4.79 Å². The molecule has 1 N–H and O–H groups in total. The van der Waals surface area contributed by atoms with Crippen LogP contribution in [-0.2, 0) is 0 Å². The molecule has 0 heterocycles. The van der Waals surface area contributed by atoms with Gasteiger partial charge in [-0.2, -0.15) is 0 Å². The molecule has 0 unspecified atom stereocenters. The highest BCUT2D eigenvalue weighted by atomic mass is 32.2. The molecule has 0 aliphatic heterocycles. The summed E-state index contributed by atoms with van der Waals surface area (Å²) in [5.41, 5.74) is 0.776. The van der Waals surface area contributed by atoms with Crippen LogP contribution in [0.2, 0.25) is 0 Å². The van der Waals surface area contributed by atoms with Gasteiger partial charge in [0.05, 0.1) is 5.56 Å². The summed E-state index contributed by atoms with van der Waals surface area (Å²) in [5.74, 6) is 0.0150. The molecule has 2 nitrogen and oxygen atoms in total. The second-order valence-corrected chi connectivity index (χ2v) is 5.14. The zero-order valence-electron chi connectivity index (χ0n) is 9.41. The molecule has 0 fully saturated rings. The quantitative estimate of drug-likeness (QED) is 0.795. The molecular weight excluding hydrogens is 206 g/mol. The molecule has 0 aromatic heterocycles. The SMILES string of the molecule is CCNC(=O)c1ccccc1SC(C)C. The summed E-state index contributed by atoms with van der Waals surface area (Å²) in [5, 5.41) is 3.31. The lowest BCUT2D eigenvalue weighted by molar-refractivity contribution is 0.0953. The van der Waals surface area contributed by atoms with Crippen LogP contribution in [0.15, 0.2) is 29.2 Å². The third-order valence-electron chi connectivity index (χ3n) is 1.83. The molecule has 0 aliphatic rings. The largest absolute Gasteiger partial charge is 0.352 e. The lowest BCUT2D eigenvalue weighted by Crippen LogP contribution is -2.23. The highest BCUT2D eigenvalue weighted by Gasteiger charge is 2.10. The van der Waals surface area contributed by atoms with Gasteiger partial charge in [0.2, 0.25) is 0 Å². The molecule has 0 saturated carbocycles. The Kier molecular flexibility index (Phi) is 4.69. The summed E-state index contributed by atoms with van der Waals surface area (Å²) >= 11 is 1.72. The predicted molar refractivity (Wildman–Crippen MR) is 65.4 cm³/mol. The van der Waals surface area contributed by atoms with Crippen molar-refractivity contribution in [2.24, 2.45) is 0 Å². The van der Waals surface area contributed by atoms with Crippen LogP contribution in [0, 0.1) is 0 Å². The van der Waals surface area contributed by atoms with Gasteiger partial charge in [-0.1, -0.05) is 26.0 Å². The Hall–Kier alpha value is -0.960. The maximum Gasteiger partial charge on any atom is 0.252 e. The van der Waals surface area contributed by atoms with E-state index in [-0.39, 0.29) is 5.91 Å². The first kappa shape index (κ1) is 12.1. The lowest BCUT2D eigenvalue weighted by atomic mass is 10.2. The fourth-order valence-electron chi connectivity index (χ4n) is 1.27. The number of hydrogen-bond acceptors (Lipinski definition) is 2. The maximum atomic E-state index is 11.7. The van der Waals surface area contributed by atoms with E-state index in [1.165, 1.54) is 0 Å². The topological polar surface area (TPSA) is 29.1 Å². The summed E-state index contributed by atoms with van der Waals surface area (Å²) in [7, 11) is 0. The van der Waals surface area contributed by atoms with E-state index in [0.717, 1.165) is 10.5 Å². The second kappa shape index (κ2) is 5.81. The van der Waals surface area contributed by atoms with E-state index in [1.807, 2.05) is 31.2 Å². The van der Waals surface area contributed by atoms with Crippen LogP contribution < -0.4 is 5.32 Å². The minimum absolute atomic E-state index is 0.0150. The van der Waals surface area contributed by atoms with Crippen LogP contribution in [-0.4, -0.2) is 17.7 Å². The molecule has 0 radical (unpaired) electrons. The van der Waals surface area contributed by atoms with Gasteiger partial charge in [0.25, 0.3) is 5.91 Å². The molecule has 82 valence electrons. The average Bonchev–Trinajstić information content (AvgIpc) is 2.18. The predicted octanol–water partition coefficient (Wildman–Crippen LogP) is 2.94. The first-order chi connectivity index (χ1) is 7.15. The number of carbonyl (C=O) groups is 1. The molecule has 0 aliphatic carbocycles. The Morgan fingerprint density at radius 1 is 1.40 bits per heavy atom. The van der Waals surface area contributed by atoms with E-state index in [0.29, 0.717) is 11.8 Å². The molecule has 1 amide bonds. The molecule has 1 aromatic rings. The van der Waals surface area contributed by atoms with Gasteiger partial charge < -0.3 is 5.32 Å². The van der Waals surface area contributed by atoms with Crippen molar-refractivity contribution in [2.75, 3.05) is 6.54 Å². The number of nitrogens with one attached hydrogen (secondary N) is 1. The third-order valence-corrected chi connectivity index (χ3v) is 2.91. The summed E-state index contributed by atoms with van der Waals surface area (Å²) < 4.78 is 0. The van der Waals surface area contributed by atoms with Gasteiger partial charge in [-0.3, -0.25) is 4.79 Å². The van der Waals surface area contributed by atoms with Crippen LogP contribution >= 0.6 is 11.8 Å². The number of benzene rings is 1. The normalized spacial score (nSPS) is 10.4. The molecule has 0 bridgehead atoms. The van der Waals surface area contributed by atoms with Crippen molar-refractivity contribution < 1.29 is 4.79 Å². The fraction of sp³-hybridized carbons (Fsp3) is 0.417. The van der Waals surface area contributed by atoms with E-state index < -0.39 is 0 Å². The highest BCUT2D eigenvalue weighted by Crippen LogP contribution is 2.26. The molecule has 0 atom stereocenters. The van der Waals surface area contributed by atoms with Gasteiger partial charge in [-0.05, 0) is 19.1 Å². The Balaban J connectivity index is 2.90. The van der Waals surface area contributed by atoms with E-state index in [1.54, 1.807) is 11.8 Å². The summed E-state index contributed by atoms with van der Waals surface area (Å²) in [6, 6.07) is 7.73. The van der Waals surface area contributed by atoms with Crippen molar-refractivity contribution in [3.05, 3.63) is 29.8 Å². The Morgan fingerprint density at radius 2 is 2.07 bits per heavy atom. The summed E-state index contributed by atoms with van der Waals surface area (Å²) in [4.78, 5) is 12.8. The van der Waals surface area contributed by atoms with Gasteiger partial charge >= 0.3 is 0 Å². The van der Waals surface area contributed by atoms with Crippen LogP contribution in [0.4, 0.5) is 0 Å². The van der Waals surface area contributed by atoms with Crippen molar-refractivity contribution >= 4 is 17.7 Å². The molecule has 1 rings (SSSR count). The zero-order valence-corrected chi connectivity index (χ0v) is 10.2. The highest BCUT2D eigenvalue weighted by molar-refractivity contribution is 8.00. The monoisotopic (exact) mass is 223 g/mol. The number of amides is 1. The fourth-order valence-corrected chi connectivity index (χ4v) is 2.22. The van der Waals surface area contributed by atoms with Crippen molar-refractivity contribution in [1.82, 2.24) is 5.32 Å². The maximum absolute atomic E-state index is 11.7. The Morgan fingerprint density at radius 3 is 2.67 bits per heavy atom. The third kappa shape index (κ3) is 3.59. The minimum Gasteiger partial charge on any atom is -0.352 e. The van der Waals surface area contributed by atoms with Gasteiger partial charge in [0, 0.05) is 16.7 Å². The Bertz CT molecular complexity index is 336. The van der Waals surface area contributed by atoms with Crippen molar-refractivity contribution in [1.29, 1.82) is 0 Å². The Labute approximate surface area is 95.5 Å². The van der Waals surface area contributed by atoms with Gasteiger partial charge in [0.15, 0.2) is 0 Å². The molecule has 0 spiro atoms. The standard InChI is InChI=1S/C12H17NOS/c1-4-13-12(14)10-7-5-6-8-11(10)15-9(2)3/h5-9H,4H2,1-3H3,(H,13,14). The van der Waals surface area contributed by atoms with Gasteiger partial charge in [-0.25, -0.2) is 0 Å². The van der Waals surface area contributed by atoms with Crippen LogP contribution in [0.25, 0.3) is 0 Å². The molecule has 3 heteroatoms. The van der Waals surface area contributed by atoms with Crippen molar-refractivity contribution in [3.8, 4) is 0 Å². The number of thioether (sulfide) groups is 1. The number of carbonyl (C=O) groups excluding carboxylic acids is 1. The molecule has 1 aromatic carbocycles. The first-order valence-electron chi connectivity index (χ1n) is 5.19. The van der Waals surface area contributed by atoms with Gasteiger partial charge in [0.1, 0.15) is 0 Å². The van der Waals surface area contributed by atoms with Gasteiger partial charge in [-0.15, -0.1) is 11.8 Å². The number of rotatable bonds is 4. The smallest absolute Gasteiger partial charge is 0.252 e. The van der Waals surface area contributed by atoms with Crippen LogP contribution in [0.5, 0.6) is 0 Å². The van der Waals surface area contributed by atoms with E-state index >= 15 is 0 Å². The molecular formula is C12H17NOS. The van der Waals surface area contributed by atoms with Crippen LogP contribution in [0.1, 0.15) is 31.1 Å².